The summed E-state index contributed by atoms with van der Waals surface area (Å²) in [6.45, 7) is 7.28. The Morgan fingerprint density at radius 2 is 1.93 bits per heavy atom. The van der Waals surface area contributed by atoms with Crippen molar-refractivity contribution in [2.45, 2.75) is 52.2 Å². The van der Waals surface area contributed by atoms with Crippen molar-refractivity contribution in [1.29, 1.82) is 0 Å². The maximum Gasteiger partial charge on any atom is 0.137 e. The first kappa shape index (κ1) is 16.7. The highest BCUT2D eigenvalue weighted by Gasteiger charge is 2.40. The van der Waals surface area contributed by atoms with Gasteiger partial charge >= 0.3 is 0 Å². The van der Waals surface area contributed by atoms with Gasteiger partial charge < -0.3 is 4.98 Å². The molecule has 1 N–H and O–H groups in total. The number of imidazole rings is 1. The van der Waals surface area contributed by atoms with Crippen molar-refractivity contribution in [2.24, 2.45) is 5.92 Å². The molecule has 2 aromatic heterocycles. The van der Waals surface area contributed by atoms with E-state index in [0.29, 0.717) is 6.04 Å². The van der Waals surface area contributed by atoms with Gasteiger partial charge in [-0.15, -0.1) is 0 Å². The van der Waals surface area contributed by atoms with Gasteiger partial charge in [-0.1, -0.05) is 12.1 Å². The zero-order valence-corrected chi connectivity index (χ0v) is 16.0. The van der Waals surface area contributed by atoms with Gasteiger partial charge in [-0.3, -0.25) is 4.90 Å². The molecule has 6 nitrogen and oxygen atoms in total. The van der Waals surface area contributed by atoms with Crippen molar-refractivity contribution in [3.8, 4) is 0 Å². The number of H-pyrrole nitrogens is 1. The number of benzene rings is 1. The Kier molecular flexibility index (Phi) is 4.08. The minimum Gasteiger partial charge on any atom is -0.348 e. The standard InChI is InChI=1S/C21H26N6/c1-14-7-15(2)18(10-27-13-22-11-25-27)8-17(14)9-26-6-5-19-20(24-12-23-19)21(26)16-3-4-16/h7-8,11-13,16,21H,3-6,9-10H2,1-2H3,(H,23,24)/t21-/m0/s1. The Morgan fingerprint density at radius 3 is 2.67 bits per heavy atom. The second kappa shape index (κ2) is 6.60. The van der Waals surface area contributed by atoms with Crippen molar-refractivity contribution in [3.63, 3.8) is 0 Å². The van der Waals surface area contributed by atoms with Gasteiger partial charge in [0.2, 0.25) is 0 Å². The summed E-state index contributed by atoms with van der Waals surface area (Å²) >= 11 is 0. The largest absolute Gasteiger partial charge is 0.348 e. The van der Waals surface area contributed by atoms with Crippen LogP contribution < -0.4 is 0 Å². The van der Waals surface area contributed by atoms with Crippen LogP contribution in [-0.4, -0.2) is 36.2 Å². The molecule has 2 aliphatic rings. The highest BCUT2D eigenvalue weighted by atomic mass is 15.3. The predicted octanol–water partition coefficient (Wildman–Crippen LogP) is 3.18. The smallest absolute Gasteiger partial charge is 0.137 e. The van der Waals surface area contributed by atoms with Gasteiger partial charge in [0.15, 0.2) is 0 Å². The number of nitrogens with zero attached hydrogens (tertiary/aromatic N) is 5. The topological polar surface area (TPSA) is 62.6 Å². The molecule has 6 heteroatoms. The average molecular weight is 362 g/mol. The van der Waals surface area contributed by atoms with Crippen LogP contribution in [0, 0.1) is 19.8 Å². The fourth-order valence-corrected chi connectivity index (χ4v) is 4.46. The second-order valence-corrected chi connectivity index (χ2v) is 8.07. The lowest BCUT2D eigenvalue weighted by Gasteiger charge is -2.35. The highest BCUT2D eigenvalue weighted by molar-refractivity contribution is 5.37. The van der Waals surface area contributed by atoms with Gasteiger partial charge in [-0.25, -0.2) is 14.6 Å². The third kappa shape index (κ3) is 3.18. The Labute approximate surface area is 159 Å². The zero-order chi connectivity index (χ0) is 18.4. The molecule has 27 heavy (non-hydrogen) atoms. The van der Waals surface area contributed by atoms with Crippen molar-refractivity contribution in [2.75, 3.05) is 6.54 Å². The number of fused-ring (bicyclic) bond motifs is 1. The van der Waals surface area contributed by atoms with E-state index in [9.17, 15) is 0 Å². The molecule has 1 fully saturated rings. The first-order valence-electron chi connectivity index (χ1n) is 9.86. The molecular formula is C21H26N6. The normalized spacial score (nSPS) is 20.0. The van der Waals surface area contributed by atoms with Gasteiger partial charge in [0, 0.05) is 25.2 Å². The maximum atomic E-state index is 4.68. The fraction of sp³-hybridized carbons (Fsp3) is 0.476. The first-order valence-corrected chi connectivity index (χ1v) is 9.86. The van der Waals surface area contributed by atoms with E-state index in [-0.39, 0.29) is 0 Å². The number of aryl methyl sites for hydroxylation is 2. The third-order valence-electron chi connectivity index (χ3n) is 6.11. The molecule has 1 aromatic carbocycles. The third-order valence-corrected chi connectivity index (χ3v) is 6.11. The molecule has 0 saturated heterocycles. The van der Waals surface area contributed by atoms with Gasteiger partial charge in [-0.05, 0) is 54.9 Å². The second-order valence-electron chi connectivity index (χ2n) is 8.07. The van der Waals surface area contributed by atoms with Crippen LogP contribution >= 0.6 is 0 Å². The Morgan fingerprint density at radius 1 is 1.11 bits per heavy atom. The predicted molar refractivity (Wildman–Crippen MR) is 103 cm³/mol. The fourth-order valence-electron chi connectivity index (χ4n) is 4.46. The number of aromatic amines is 1. The van der Waals surface area contributed by atoms with E-state index in [1.165, 1.54) is 46.5 Å². The summed E-state index contributed by atoms with van der Waals surface area (Å²) in [5, 5.41) is 4.27. The lowest BCUT2D eigenvalue weighted by atomic mass is 9.95. The van der Waals surface area contributed by atoms with Crippen molar-refractivity contribution in [1.82, 2.24) is 29.6 Å². The number of hydrogen-bond acceptors (Lipinski definition) is 4. The summed E-state index contributed by atoms with van der Waals surface area (Å²) < 4.78 is 1.89. The lowest BCUT2D eigenvalue weighted by Crippen LogP contribution is -2.36. The maximum absolute atomic E-state index is 4.68. The summed E-state index contributed by atoms with van der Waals surface area (Å²) in [5.41, 5.74) is 8.06. The van der Waals surface area contributed by atoms with Gasteiger partial charge in [0.25, 0.3) is 0 Å². The van der Waals surface area contributed by atoms with Crippen molar-refractivity contribution in [3.05, 3.63) is 64.8 Å². The monoisotopic (exact) mass is 362 g/mol. The molecule has 0 radical (unpaired) electrons. The van der Waals surface area contributed by atoms with Gasteiger partial charge in [-0.2, -0.15) is 5.10 Å². The van der Waals surface area contributed by atoms with Crippen LogP contribution in [0.3, 0.4) is 0 Å². The number of hydrogen-bond donors (Lipinski definition) is 1. The molecule has 0 amide bonds. The molecule has 0 unspecified atom stereocenters. The summed E-state index contributed by atoms with van der Waals surface area (Å²) in [6, 6.07) is 5.16. The number of nitrogens with one attached hydrogen (secondary N) is 1. The molecule has 140 valence electrons. The van der Waals surface area contributed by atoms with Gasteiger partial charge in [0.05, 0.1) is 24.6 Å². The number of rotatable bonds is 5. The zero-order valence-electron chi connectivity index (χ0n) is 16.0. The molecule has 3 heterocycles. The lowest BCUT2D eigenvalue weighted by molar-refractivity contribution is 0.152. The quantitative estimate of drug-likeness (QED) is 0.757. The average Bonchev–Trinajstić information content (AvgIpc) is 3.15. The highest BCUT2D eigenvalue weighted by Crippen LogP contribution is 2.47. The molecule has 0 spiro atoms. The van der Waals surface area contributed by atoms with Crippen LogP contribution in [0.1, 0.15) is 52.5 Å². The van der Waals surface area contributed by atoms with E-state index in [1.54, 1.807) is 12.7 Å². The summed E-state index contributed by atoms with van der Waals surface area (Å²) in [5.74, 6) is 0.771. The summed E-state index contributed by atoms with van der Waals surface area (Å²) in [4.78, 5) is 14.8. The summed E-state index contributed by atoms with van der Waals surface area (Å²) in [6.07, 6.45) is 8.98. The molecule has 3 aromatic rings. The first-order chi connectivity index (χ1) is 13.2. The molecule has 1 atom stereocenters. The van der Waals surface area contributed by atoms with Crippen molar-refractivity contribution < 1.29 is 0 Å². The van der Waals surface area contributed by atoms with Crippen LogP contribution in [0.15, 0.2) is 31.1 Å². The van der Waals surface area contributed by atoms with E-state index >= 15 is 0 Å². The van der Waals surface area contributed by atoms with Gasteiger partial charge in [0.1, 0.15) is 12.7 Å². The van der Waals surface area contributed by atoms with Crippen LogP contribution in [0.5, 0.6) is 0 Å². The van der Waals surface area contributed by atoms with Crippen molar-refractivity contribution >= 4 is 0 Å². The Hall–Kier alpha value is -2.47. The Bertz CT molecular complexity index is 938. The molecule has 1 aliphatic heterocycles. The molecule has 1 aliphatic carbocycles. The Balaban J connectivity index is 1.43. The molecule has 0 bridgehead atoms. The van der Waals surface area contributed by atoms with E-state index in [4.69, 9.17) is 0 Å². The minimum absolute atomic E-state index is 0.472. The van der Waals surface area contributed by atoms with Crippen LogP contribution in [0.25, 0.3) is 0 Å². The molecular weight excluding hydrogens is 336 g/mol. The van der Waals surface area contributed by atoms with E-state index in [2.05, 4.69) is 50.9 Å². The van der Waals surface area contributed by atoms with Crippen LogP contribution in [-0.2, 0) is 19.5 Å². The van der Waals surface area contributed by atoms with E-state index < -0.39 is 0 Å². The SMILES string of the molecule is Cc1cc(C)c(Cn2cncn2)cc1CN1CCc2[nH]cnc2[C@@H]1C1CC1. The molecule has 1 saturated carbocycles. The number of aromatic nitrogens is 5. The molecule has 5 rings (SSSR count). The summed E-state index contributed by atoms with van der Waals surface area (Å²) in [7, 11) is 0. The van der Waals surface area contributed by atoms with E-state index in [1.807, 2.05) is 11.0 Å². The van der Waals surface area contributed by atoms with E-state index in [0.717, 1.165) is 32.0 Å². The van der Waals surface area contributed by atoms with Crippen LogP contribution in [0.2, 0.25) is 0 Å². The minimum atomic E-state index is 0.472. The van der Waals surface area contributed by atoms with Crippen LogP contribution in [0.4, 0.5) is 0 Å².